The predicted molar refractivity (Wildman–Crippen MR) is 79.2 cm³/mol. The fourth-order valence-electron chi connectivity index (χ4n) is 3.45. The van der Waals surface area contributed by atoms with Crippen LogP contribution in [0, 0.1) is 5.92 Å². The second-order valence-electron chi connectivity index (χ2n) is 6.35. The first-order valence-electron chi connectivity index (χ1n) is 8.36. The van der Waals surface area contributed by atoms with Gasteiger partial charge in [-0.2, -0.15) is 0 Å². The van der Waals surface area contributed by atoms with E-state index in [1.165, 1.54) is 19.3 Å². The van der Waals surface area contributed by atoms with E-state index < -0.39 is 0 Å². The molecular weight excluding hydrogens is 266 g/mol. The lowest BCUT2D eigenvalue weighted by molar-refractivity contribution is 0.0518. The fourth-order valence-corrected chi connectivity index (χ4v) is 3.45. The Bertz CT molecular complexity index is 500. The van der Waals surface area contributed by atoms with Crippen molar-refractivity contribution in [1.82, 2.24) is 15.0 Å². The number of rotatable bonds is 5. The Morgan fingerprint density at radius 2 is 1.90 bits per heavy atom. The standard InChI is InChI=1S/C16H25N3O2/c1-3-11-5-9-13(10-6-11)19-15(12-7-8-12)14(17-18-19)16(20)21-4-2/h11-13H,3-10H2,1-2H3. The molecule has 3 rings (SSSR count). The van der Waals surface area contributed by atoms with E-state index in [9.17, 15) is 4.79 Å². The number of carbonyl (C=O) groups excluding carboxylic acids is 1. The first kappa shape index (κ1) is 14.5. The summed E-state index contributed by atoms with van der Waals surface area (Å²) in [4.78, 5) is 12.1. The second-order valence-corrected chi connectivity index (χ2v) is 6.35. The normalized spacial score (nSPS) is 25.8. The highest BCUT2D eigenvalue weighted by atomic mass is 16.5. The molecule has 5 nitrogen and oxygen atoms in total. The van der Waals surface area contributed by atoms with Crippen LogP contribution in [0.15, 0.2) is 0 Å². The lowest BCUT2D eigenvalue weighted by Crippen LogP contribution is -2.21. The minimum absolute atomic E-state index is 0.312. The first-order valence-corrected chi connectivity index (χ1v) is 8.36. The zero-order chi connectivity index (χ0) is 14.8. The maximum absolute atomic E-state index is 12.1. The van der Waals surface area contributed by atoms with Gasteiger partial charge in [0, 0.05) is 5.92 Å². The predicted octanol–water partition coefficient (Wildman–Crippen LogP) is 3.47. The molecule has 21 heavy (non-hydrogen) atoms. The topological polar surface area (TPSA) is 57.0 Å². The van der Waals surface area contributed by atoms with Gasteiger partial charge in [-0.05, 0) is 51.4 Å². The van der Waals surface area contributed by atoms with Crippen molar-refractivity contribution in [2.45, 2.75) is 70.8 Å². The number of nitrogens with zero attached hydrogens (tertiary/aromatic N) is 3. The van der Waals surface area contributed by atoms with Crippen LogP contribution in [0.4, 0.5) is 0 Å². The van der Waals surface area contributed by atoms with E-state index in [0.29, 0.717) is 24.3 Å². The minimum atomic E-state index is -0.312. The Hall–Kier alpha value is -1.39. The van der Waals surface area contributed by atoms with Gasteiger partial charge in [-0.15, -0.1) is 5.10 Å². The summed E-state index contributed by atoms with van der Waals surface area (Å²) in [6.45, 7) is 4.48. The van der Waals surface area contributed by atoms with Gasteiger partial charge >= 0.3 is 5.97 Å². The molecule has 2 fully saturated rings. The maximum Gasteiger partial charge on any atom is 0.360 e. The number of hydrogen-bond donors (Lipinski definition) is 0. The van der Waals surface area contributed by atoms with Gasteiger partial charge in [0.05, 0.1) is 18.3 Å². The molecule has 2 aliphatic rings. The van der Waals surface area contributed by atoms with E-state index >= 15 is 0 Å². The van der Waals surface area contributed by atoms with Crippen LogP contribution in [-0.2, 0) is 4.74 Å². The molecule has 1 aromatic heterocycles. The van der Waals surface area contributed by atoms with Gasteiger partial charge in [0.25, 0.3) is 0 Å². The average molecular weight is 291 g/mol. The van der Waals surface area contributed by atoms with E-state index in [2.05, 4.69) is 21.9 Å². The van der Waals surface area contributed by atoms with Gasteiger partial charge in [0.15, 0.2) is 5.69 Å². The monoisotopic (exact) mass is 291 g/mol. The van der Waals surface area contributed by atoms with E-state index in [0.717, 1.165) is 37.3 Å². The van der Waals surface area contributed by atoms with Crippen molar-refractivity contribution >= 4 is 5.97 Å². The third-order valence-electron chi connectivity index (χ3n) is 4.90. The van der Waals surface area contributed by atoms with Gasteiger partial charge in [0.1, 0.15) is 0 Å². The molecule has 0 unspecified atom stereocenters. The lowest BCUT2D eigenvalue weighted by Gasteiger charge is -2.28. The summed E-state index contributed by atoms with van der Waals surface area (Å²) in [6.07, 6.45) is 8.40. The summed E-state index contributed by atoms with van der Waals surface area (Å²) in [5.41, 5.74) is 1.49. The zero-order valence-electron chi connectivity index (χ0n) is 13.0. The van der Waals surface area contributed by atoms with E-state index in [4.69, 9.17) is 4.74 Å². The van der Waals surface area contributed by atoms with E-state index in [1.54, 1.807) is 0 Å². The average Bonchev–Trinajstić information content (AvgIpc) is 3.26. The van der Waals surface area contributed by atoms with E-state index in [-0.39, 0.29) is 5.97 Å². The van der Waals surface area contributed by atoms with Crippen LogP contribution in [-0.4, -0.2) is 27.6 Å². The summed E-state index contributed by atoms with van der Waals surface area (Å²) >= 11 is 0. The van der Waals surface area contributed by atoms with E-state index in [1.807, 2.05) is 6.92 Å². The van der Waals surface area contributed by atoms with Gasteiger partial charge < -0.3 is 4.74 Å². The maximum atomic E-state index is 12.1. The fraction of sp³-hybridized carbons (Fsp3) is 0.812. The molecule has 2 aliphatic carbocycles. The molecule has 0 bridgehead atoms. The van der Waals surface area contributed by atoms with Crippen LogP contribution in [0.2, 0.25) is 0 Å². The first-order chi connectivity index (χ1) is 10.2. The van der Waals surface area contributed by atoms with Crippen LogP contribution in [0.5, 0.6) is 0 Å². The van der Waals surface area contributed by atoms with Crippen LogP contribution in [0.1, 0.15) is 86.9 Å². The lowest BCUT2D eigenvalue weighted by atomic mass is 9.84. The van der Waals surface area contributed by atoms with Gasteiger partial charge in [-0.1, -0.05) is 18.6 Å². The van der Waals surface area contributed by atoms with Crippen molar-refractivity contribution in [3.63, 3.8) is 0 Å². The van der Waals surface area contributed by atoms with Crippen molar-refractivity contribution in [3.05, 3.63) is 11.4 Å². The molecule has 0 radical (unpaired) electrons. The van der Waals surface area contributed by atoms with Crippen molar-refractivity contribution in [2.75, 3.05) is 6.61 Å². The summed E-state index contributed by atoms with van der Waals surface area (Å²) < 4.78 is 7.18. The Balaban J connectivity index is 1.81. The molecule has 0 atom stereocenters. The molecule has 116 valence electrons. The number of aromatic nitrogens is 3. The molecule has 5 heteroatoms. The smallest absolute Gasteiger partial charge is 0.360 e. The molecule has 0 aromatic carbocycles. The largest absolute Gasteiger partial charge is 0.461 e. The zero-order valence-corrected chi connectivity index (χ0v) is 13.0. The minimum Gasteiger partial charge on any atom is -0.461 e. The van der Waals surface area contributed by atoms with Crippen molar-refractivity contribution in [2.24, 2.45) is 5.92 Å². The molecule has 1 aromatic rings. The molecule has 0 spiro atoms. The summed E-state index contributed by atoms with van der Waals surface area (Å²) in [6, 6.07) is 0.416. The molecule has 1 heterocycles. The Kier molecular flexibility index (Phi) is 4.27. The third kappa shape index (κ3) is 2.97. The Morgan fingerprint density at radius 3 is 2.48 bits per heavy atom. The van der Waals surface area contributed by atoms with Crippen molar-refractivity contribution in [1.29, 1.82) is 0 Å². The molecule has 0 N–H and O–H groups in total. The highest BCUT2D eigenvalue weighted by molar-refractivity contribution is 5.88. The highest BCUT2D eigenvalue weighted by Gasteiger charge is 2.36. The Labute approximate surface area is 126 Å². The third-order valence-corrected chi connectivity index (χ3v) is 4.90. The number of hydrogen-bond acceptors (Lipinski definition) is 4. The molecule has 2 saturated carbocycles. The summed E-state index contributed by atoms with van der Waals surface area (Å²) in [5.74, 6) is 1.01. The molecule has 0 amide bonds. The van der Waals surface area contributed by atoms with Crippen molar-refractivity contribution in [3.8, 4) is 0 Å². The van der Waals surface area contributed by atoms with Gasteiger partial charge in [0.2, 0.25) is 0 Å². The van der Waals surface area contributed by atoms with Gasteiger partial charge in [-0.25, -0.2) is 9.48 Å². The van der Waals surface area contributed by atoms with Crippen LogP contribution < -0.4 is 0 Å². The SMILES string of the molecule is CCOC(=O)c1nnn(C2CCC(CC)CC2)c1C1CC1. The van der Waals surface area contributed by atoms with Crippen LogP contribution >= 0.6 is 0 Å². The summed E-state index contributed by atoms with van der Waals surface area (Å²) in [5, 5.41) is 8.47. The molecular formula is C16H25N3O2. The van der Waals surface area contributed by atoms with Crippen LogP contribution in [0.25, 0.3) is 0 Å². The quantitative estimate of drug-likeness (QED) is 0.779. The van der Waals surface area contributed by atoms with Gasteiger partial charge in [-0.3, -0.25) is 0 Å². The number of esters is 1. The second kappa shape index (κ2) is 6.16. The van der Waals surface area contributed by atoms with Crippen molar-refractivity contribution < 1.29 is 9.53 Å². The molecule has 0 saturated heterocycles. The number of ether oxygens (including phenoxy) is 1. The summed E-state index contributed by atoms with van der Waals surface area (Å²) in [7, 11) is 0. The highest BCUT2D eigenvalue weighted by Crippen LogP contribution is 2.44. The Morgan fingerprint density at radius 1 is 1.19 bits per heavy atom. The van der Waals surface area contributed by atoms with Crippen LogP contribution in [0.3, 0.4) is 0 Å². The molecule has 0 aliphatic heterocycles. The number of carbonyl (C=O) groups is 1.